The van der Waals surface area contributed by atoms with Gasteiger partial charge in [-0.15, -0.1) is 0 Å². The number of unbranched alkanes of at least 4 members (excludes halogenated alkanes) is 1. The molecule has 1 N–H and O–H groups in total. The van der Waals surface area contributed by atoms with Crippen LogP contribution < -0.4 is 5.32 Å². The molecule has 2 aliphatic heterocycles. The molecule has 2 aromatic carbocycles. The molecule has 11 nitrogen and oxygen atoms in total. The normalized spacial score (nSPS) is 21.6. The SMILES string of the molecule is Cn1cncc1CN1CCN(CCC(NC(=O)C2CCC(F)(F)CC2)c2ccccc2)C[C@@H]1CN(CCCCN1C(=O)c2ccccc2C1=O)[C@H]1CCCc2cccnc21. The molecule has 60 heavy (non-hydrogen) atoms. The number of nitrogens with zero attached hydrogens (tertiary/aromatic N) is 7. The number of halogens is 2. The van der Waals surface area contributed by atoms with E-state index in [-0.39, 0.29) is 61.5 Å². The summed E-state index contributed by atoms with van der Waals surface area (Å²) in [6.07, 6.45) is 11.0. The summed E-state index contributed by atoms with van der Waals surface area (Å²) < 4.78 is 30.0. The Morgan fingerprint density at radius 2 is 1.68 bits per heavy atom. The first-order chi connectivity index (χ1) is 29.1. The number of nitrogens with one attached hydrogen (secondary N) is 1. The smallest absolute Gasteiger partial charge is 0.261 e. The van der Waals surface area contributed by atoms with E-state index in [1.54, 1.807) is 24.3 Å². The maximum atomic E-state index is 14.0. The zero-order valence-corrected chi connectivity index (χ0v) is 34.7. The van der Waals surface area contributed by atoms with Crippen LogP contribution in [-0.4, -0.2) is 110 Å². The van der Waals surface area contributed by atoms with E-state index in [1.807, 2.05) is 62.2 Å². The Bertz CT molecular complexity index is 2070. The molecule has 4 aliphatic rings. The Labute approximate surface area is 352 Å². The van der Waals surface area contributed by atoms with Crippen molar-refractivity contribution in [1.29, 1.82) is 0 Å². The van der Waals surface area contributed by atoms with Crippen LogP contribution in [0.2, 0.25) is 0 Å². The number of rotatable bonds is 16. The van der Waals surface area contributed by atoms with Crippen LogP contribution >= 0.6 is 0 Å². The topological polar surface area (TPSA) is 107 Å². The quantitative estimate of drug-likeness (QED) is 0.0970. The summed E-state index contributed by atoms with van der Waals surface area (Å²) in [6.45, 7) is 6.10. The summed E-state index contributed by atoms with van der Waals surface area (Å²) in [4.78, 5) is 58.3. The van der Waals surface area contributed by atoms with Crippen molar-refractivity contribution in [1.82, 2.24) is 39.5 Å². The van der Waals surface area contributed by atoms with Crippen molar-refractivity contribution in [3.63, 3.8) is 0 Å². The van der Waals surface area contributed by atoms with E-state index in [2.05, 4.69) is 35.6 Å². The summed E-state index contributed by atoms with van der Waals surface area (Å²) in [6, 6.07) is 21.4. The van der Waals surface area contributed by atoms with Crippen LogP contribution in [0.1, 0.15) is 113 Å². The molecule has 4 aromatic rings. The van der Waals surface area contributed by atoms with Gasteiger partial charge in [-0.1, -0.05) is 48.5 Å². The van der Waals surface area contributed by atoms with Crippen molar-refractivity contribution in [3.8, 4) is 0 Å². The molecule has 1 saturated heterocycles. The Balaban J connectivity index is 0.981. The second kappa shape index (κ2) is 18.8. The second-order valence-corrected chi connectivity index (χ2v) is 17.3. The largest absolute Gasteiger partial charge is 0.349 e. The number of hydrogen-bond acceptors (Lipinski definition) is 8. The number of aryl methyl sites for hydroxylation is 2. The van der Waals surface area contributed by atoms with E-state index >= 15 is 0 Å². The standard InChI is InChI=1S/C47H58F2N8O3/c1-53-33-50-29-37(53)31-55-28-27-54(26-20-41(34-11-3-2-4-12-34)52-44(58)36-18-21-47(48,49)22-19-36)30-38(55)32-56(42-17-9-13-35-14-10-23-51-43(35)42)24-7-8-25-57-45(59)39-15-5-6-16-40(39)46(57)60/h2-6,10-12,14-16,23,29,33,36,38,41-42H,7-9,13,17-22,24-28,30-32H2,1H3,(H,52,58)/t38-,41?,42+/m1/s1. The van der Waals surface area contributed by atoms with E-state index in [9.17, 15) is 23.2 Å². The lowest BCUT2D eigenvalue weighted by molar-refractivity contribution is -0.130. The van der Waals surface area contributed by atoms with Gasteiger partial charge in [0.15, 0.2) is 0 Å². The van der Waals surface area contributed by atoms with Crippen LogP contribution in [0.15, 0.2) is 85.5 Å². The third-order valence-corrected chi connectivity index (χ3v) is 13.3. The van der Waals surface area contributed by atoms with Crippen molar-refractivity contribution >= 4 is 17.7 Å². The lowest BCUT2D eigenvalue weighted by Crippen LogP contribution is -2.57. The predicted molar refractivity (Wildman–Crippen MR) is 225 cm³/mol. The highest BCUT2D eigenvalue weighted by atomic mass is 19.3. The van der Waals surface area contributed by atoms with Gasteiger partial charge in [0, 0.05) is 90.1 Å². The minimum atomic E-state index is -2.68. The van der Waals surface area contributed by atoms with Gasteiger partial charge in [-0.05, 0) is 87.2 Å². The van der Waals surface area contributed by atoms with Gasteiger partial charge in [-0.3, -0.25) is 34.1 Å². The van der Waals surface area contributed by atoms with Gasteiger partial charge in [0.05, 0.1) is 40.9 Å². The summed E-state index contributed by atoms with van der Waals surface area (Å²) in [5, 5.41) is 3.28. The number of carbonyl (C=O) groups is 3. The molecule has 2 aromatic heterocycles. The van der Waals surface area contributed by atoms with Crippen molar-refractivity contribution in [3.05, 3.63) is 119 Å². The highest BCUT2D eigenvalue weighted by molar-refractivity contribution is 6.21. The zero-order chi connectivity index (χ0) is 41.6. The molecule has 0 bridgehead atoms. The van der Waals surface area contributed by atoms with Gasteiger partial charge in [0.25, 0.3) is 11.8 Å². The lowest BCUT2D eigenvalue weighted by atomic mass is 9.86. The van der Waals surface area contributed by atoms with Crippen molar-refractivity contribution in [2.24, 2.45) is 13.0 Å². The molecule has 1 unspecified atom stereocenters. The number of imidazole rings is 1. The first kappa shape index (κ1) is 41.9. The van der Waals surface area contributed by atoms with Gasteiger partial charge in [-0.2, -0.15) is 0 Å². The fourth-order valence-electron chi connectivity index (χ4n) is 9.81. The third-order valence-electron chi connectivity index (χ3n) is 13.3. The monoisotopic (exact) mass is 820 g/mol. The number of piperazine rings is 1. The van der Waals surface area contributed by atoms with Gasteiger partial charge < -0.3 is 14.8 Å². The Morgan fingerprint density at radius 1 is 0.933 bits per heavy atom. The zero-order valence-electron chi connectivity index (χ0n) is 34.7. The van der Waals surface area contributed by atoms with Crippen LogP contribution in [0.25, 0.3) is 0 Å². The molecule has 1 saturated carbocycles. The fourth-order valence-corrected chi connectivity index (χ4v) is 9.81. The van der Waals surface area contributed by atoms with E-state index in [4.69, 9.17) is 4.98 Å². The van der Waals surface area contributed by atoms with Gasteiger partial charge in [0.1, 0.15) is 0 Å². The summed E-state index contributed by atoms with van der Waals surface area (Å²) in [5.41, 5.74) is 5.60. The van der Waals surface area contributed by atoms with E-state index < -0.39 is 11.8 Å². The third kappa shape index (κ3) is 9.69. The molecule has 2 fully saturated rings. The fraction of sp³-hybridized carbons (Fsp3) is 0.511. The number of carbonyl (C=O) groups excluding carboxylic acids is 3. The minimum absolute atomic E-state index is 0.127. The van der Waals surface area contributed by atoms with Crippen molar-refractivity contribution < 1.29 is 23.2 Å². The van der Waals surface area contributed by atoms with Crippen molar-refractivity contribution in [2.75, 3.05) is 45.8 Å². The maximum Gasteiger partial charge on any atom is 0.261 e. The molecule has 4 heterocycles. The highest BCUT2D eigenvalue weighted by Gasteiger charge is 2.39. The summed E-state index contributed by atoms with van der Waals surface area (Å²) in [7, 11) is 2.04. The molecule has 0 spiro atoms. The highest BCUT2D eigenvalue weighted by Crippen LogP contribution is 2.37. The molecule has 13 heteroatoms. The van der Waals surface area contributed by atoms with Gasteiger partial charge >= 0.3 is 0 Å². The number of aromatic nitrogens is 3. The Kier molecular flexibility index (Phi) is 13.1. The first-order valence-corrected chi connectivity index (χ1v) is 21.9. The number of alkyl halides is 2. The molecule has 318 valence electrons. The number of benzene rings is 2. The van der Waals surface area contributed by atoms with Crippen LogP contribution in [-0.2, 0) is 24.8 Å². The molecule has 3 amide bonds. The van der Waals surface area contributed by atoms with Gasteiger partial charge in [0.2, 0.25) is 11.8 Å². The first-order valence-electron chi connectivity index (χ1n) is 21.9. The molecule has 3 atom stereocenters. The lowest BCUT2D eigenvalue weighted by Gasteiger charge is -2.45. The molecular weight excluding hydrogens is 763 g/mol. The molecule has 0 radical (unpaired) electrons. The number of hydrogen-bond donors (Lipinski definition) is 1. The van der Waals surface area contributed by atoms with Crippen molar-refractivity contribution in [2.45, 2.75) is 94.8 Å². The number of imide groups is 1. The average Bonchev–Trinajstić information content (AvgIpc) is 3.78. The van der Waals surface area contributed by atoms with E-state index in [0.717, 1.165) is 88.4 Å². The molecule has 2 aliphatic carbocycles. The van der Waals surface area contributed by atoms with E-state index in [1.165, 1.54) is 10.5 Å². The van der Waals surface area contributed by atoms with Crippen LogP contribution in [0, 0.1) is 5.92 Å². The van der Waals surface area contributed by atoms with Crippen LogP contribution in [0.3, 0.4) is 0 Å². The van der Waals surface area contributed by atoms with Crippen LogP contribution in [0.5, 0.6) is 0 Å². The Hall–Kier alpha value is -4.85. The summed E-state index contributed by atoms with van der Waals surface area (Å²) in [5.74, 6) is -3.62. The van der Waals surface area contributed by atoms with Gasteiger partial charge in [-0.25, -0.2) is 13.8 Å². The number of fused-ring (bicyclic) bond motifs is 2. The average molecular weight is 821 g/mol. The van der Waals surface area contributed by atoms with E-state index in [0.29, 0.717) is 30.5 Å². The second-order valence-electron chi connectivity index (χ2n) is 17.3. The number of pyridine rings is 1. The minimum Gasteiger partial charge on any atom is -0.349 e. The maximum absolute atomic E-state index is 14.0. The summed E-state index contributed by atoms with van der Waals surface area (Å²) >= 11 is 0. The predicted octanol–water partition coefficient (Wildman–Crippen LogP) is 6.83. The van der Waals surface area contributed by atoms with Crippen LogP contribution in [0.4, 0.5) is 8.78 Å². The molecule has 8 rings (SSSR count). The molecular formula is C47H58F2N8O3. The number of amides is 3. The Morgan fingerprint density at radius 3 is 2.42 bits per heavy atom.